The van der Waals surface area contributed by atoms with E-state index in [0.717, 1.165) is 18.4 Å². The zero-order valence-electron chi connectivity index (χ0n) is 15.5. The molecule has 0 unspecified atom stereocenters. The lowest BCUT2D eigenvalue weighted by Crippen LogP contribution is -1.91. The van der Waals surface area contributed by atoms with Crippen LogP contribution in [0.2, 0.25) is 0 Å². The standard InChI is InChI=1S/C21H26.C2H6/c1-6-11-19(12-7-2)20(13-8-3)16-18(5)21-15-10-9-14-17(21)4;1-2/h6-7,9-12,14-16H,1,5,8,13H2,2-4H3;1-2H3/b12-7-,19-11+,20-16+;. The van der Waals surface area contributed by atoms with Crippen LogP contribution < -0.4 is 0 Å². The van der Waals surface area contributed by atoms with Crippen LogP contribution in [0, 0.1) is 6.92 Å². The first kappa shape index (κ1) is 20.9. The Morgan fingerprint density at radius 1 is 1.17 bits per heavy atom. The third kappa shape index (κ3) is 7.15. The minimum atomic E-state index is 1.04. The predicted molar refractivity (Wildman–Crippen MR) is 108 cm³/mol. The number of benzene rings is 1. The summed E-state index contributed by atoms with van der Waals surface area (Å²) in [4.78, 5) is 0. The largest absolute Gasteiger partial charge is 0.0990 e. The smallest absolute Gasteiger partial charge is 0.0161 e. The fourth-order valence-electron chi connectivity index (χ4n) is 2.37. The second kappa shape index (κ2) is 12.5. The molecule has 0 saturated heterocycles. The highest BCUT2D eigenvalue weighted by molar-refractivity contribution is 5.76. The van der Waals surface area contributed by atoms with Crippen molar-refractivity contribution in [2.24, 2.45) is 0 Å². The molecule has 0 heterocycles. The van der Waals surface area contributed by atoms with E-state index in [1.165, 1.54) is 22.3 Å². The Hall–Kier alpha value is -2.08. The van der Waals surface area contributed by atoms with Crippen molar-refractivity contribution in [1.29, 1.82) is 0 Å². The summed E-state index contributed by atoms with van der Waals surface area (Å²) in [6.45, 7) is 18.4. The van der Waals surface area contributed by atoms with Crippen molar-refractivity contribution in [3.05, 3.63) is 90.1 Å². The van der Waals surface area contributed by atoms with Crippen LogP contribution in [-0.2, 0) is 0 Å². The maximum Gasteiger partial charge on any atom is -0.0161 e. The molecule has 0 atom stereocenters. The topological polar surface area (TPSA) is 0 Å². The molecule has 0 aliphatic carbocycles. The van der Waals surface area contributed by atoms with Gasteiger partial charge in [0.2, 0.25) is 0 Å². The third-order valence-corrected chi connectivity index (χ3v) is 3.37. The third-order valence-electron chi connectivity index (χ3n) is 3.37. The van der Waals surface area contributed by atoms with Gasteiger partial charge in [-0.05, 0) is 48.1 Å². The van der Waals surface area contributed by atoms with Gasteiger partial charge in [0, 0.05) is 0 Å². The highest BCUT2D eigenvalue weighted by Gasteiger charge is 2.05. The Labute approximate surface area is 143 Å². The fraction of sp³-hybridized carbons (Fsp3) is 0.304. The summed E-state index contributed by atoms with van der Waals surface area (Å²) in [5, 5.41) is 0. The van der Waals surface area contributed by atoms with Gasteiger partial charge in [-0.3, -0.25) is 0 Å². The first-order valence-corrected chi connectivity index (χ1v) is 8.55. The minimum absolute atomic E-state index is 1.04. The van der Waals surface area contributed by atoms with Gasteiger partial charge in [0.25, 0.3) is 0 Å². The molecule has 0 aliphatic rings. The first-order chi connectivity index (χ1) is 11.1. The van der Waals surface area contributed by atoms with E-state index in [1.54, 1.807) is 0 Å². The molecule has 23 heavy (non-hydrogen) atoms. The van der Waals surface area contributed by atoms with E-state index in [4.69, 9.17) is 0 Å². The van der Waals surface area contributed by atoms with Crippen LogP contribution >= 0.6 is 0 Å². The molecule has 1 rings (SSSR count). The van der Waals surface area contributed by atoms with Gasteiger partial charge in [0.15, 0.2) is 0 Å². The van der Waals surface area contributed by atoms with Crippen LogP contribution in [0.3, 0.4) is 0 Å². The van der Waals surface area contributed by atoms with Crippen molar-refractivity contribution < 1.29 is 0 Å². The number of allylic oxidation sites excluding steroid dienone is 8. The van der Waals surface area contributed by atoms with E-state index in [1.807, 2.05) is 26.8 Å². The van der Waals surface area contributed by atoms with Gasteiger partial charge in [-0.15, -0.1) is 0 Å². The lowest BCUT2D eigenvalue weighted by Gasteiger charge is -2.11. The van der Waals surface area contributed by atoms with E-state index in [2.05, 4.69) is 75.6 Å². The number of hydrogen-bond acceptors (Lipinski definition) is 0. The second-order valence-corrected chi connectivity index (χ2v) is 5.12. The molecule has 1 aromatic rings. The second-order valence-electron chi connectivity index (χ2n) is 5.12. The summed E-state index contributed by atoms with van der Waals surface area (Å²) in [5.41, 5.74) is 6.06. The monoisotopic (exact) mass is 308 g/mol. The molecule has 124 valence electrons. The molecule has 0 N–H and O–H groups in total. The molecular formula is C23H32. The number of hydrogen-bond donors (Lipinski definition) is 0. The summed E-state index contributed by atoms with van der Waals surface area (Å²) in [5.74, 6) is 0. The fourth-order valence-corrected chi connectivity index (χ4v) is 2.37. The Kier molecular flexibility index (Phi) is 11.3. The van der Waals surface area contributed by atoms with E-state index in [0.29, 0.717) is 0 Å². The average Bonchev–Trinajstić information content (AvgIpc) is 2.56. The molecule has 0 spiro atoms. The van der Waals surface area contributed by atoms with Crippen molar-refractivity contribution in [1.82, 2.24) is 0 Å². The zero-order valence-corrected chi connectivity index (χ0v) is 15.5. The molecule has 0 aromatic heterocycles. The van der Waals surface area contributed by atoms with Gasteiger partial charge in [0.05, 0.1) is 0 Å². The summed E-state index contributed by atoms with van der Waals surface area (Å²) in [7, 11) is 0. The SMILES string of the molecule is C=C/C=C(\C=C/C)C(=C/C(=C)c1ccccc1C)/CCC.CC. The van der Waals surface area contributed by atoms with Gasteiger partial charge in [-0.2, -0.15) is 0 Å². The molecular weight excluding hydrogens is 276 g/mol. The van der Waals surface area contributed by atoms with E-state index < -0.39 is 0 Å². The van der Waals surface area contributed by atoms with Crippen LogP contribution in [0.5, 0.6) is 0 Å². The van der Waals surface area contributed by atoms with Crippen molar-refractivity contribution in [2.75, 3.05) is 0 Å². The average molecular weight is 309 g/mol. The Bertz CT molecular complexity index is 580. The van der Waals surface area contributed by atoms with Crippen LogP contribution in [0.15, 0.2) is 78.9 Å². The van der Waals surface area contributed by atoms with Crippen LogP contribution in [0.25, 0.3) is 5.57 Å². The van der Waals surface area contributed by atoms with Crippen LogP contribution in [-0.4, -0.2) is 0 Å². The Morgan fingerprint density at radius 3 is 2.35 bits per heavy atom. The number of aryl methyl sites for hydroxylation is 1. The van der Waals surface area contributed by atoms with Crippen molar-refractivity contribution in [3.8, 4) is 0 Å². The molecule has 0 fully saturated rings. The van der Waals surface area contributed by atoms with Gasteiger partial charge in [0.1, 0.15) is 0 Å². The molecule has 0 aliphatic heterocycles. The highest BCUT2D eigenvalue weighted by Crippen LogP contribution is 2.25. The van der Waals surface area contributed by atoms with E-state index in [-0.39, 0.29) is 0 Å². The highest BCUT2D eigenvalue weighted by atomic mass is 14.1. The summed E-state index contributed by atoms with van der Waals surface area (Å²) >= 11 is 0. The van der Waals surface area contributed by atoms with Gasteiger partial charge in [-0.1, -0.05) is 95.0 Å². The molecule has 0 nitrogen and oxygen atoms in total. The van der Waals surface area contributed by atoms with E-state index >= 15 is 0 Å². The van der Waals surface area contributed by atoms with E-state index in [9.17, 15) is 0 Å². The summed E-state index contributed by atoms with van der Waals surface area (Å²) in [6, 6.07) is 8.38. The predicted octanol–water partition coefficient (Wildman–Crippen LogP) is 7.45. The van der Waals surface area contributed by atoms with Gasteiger partial charge in [-0.25, -0.2) is 0 Å². The lowest BCUT2D eigenvalue weighted by atomic mass is 9.94. The molecule has 0 bridgehead atoms. The minimum Gasteiger partial charge on any atom is -0.0990 e. The molecule has 0 radical (unpaired) electrons. The van der Waals surface area contributed by atoms with Crippen LogP contribution in [0.1, 0.15) is 51.7 Å². The Balaban J connectivity index is 0.00000232. The quantitative estimate of drug-likeness (QED) is 0.459. The lowest BCUT2D eigenvalue weighted by molar-refractivity contribution is 0.918. The molecule has 0 saturated carbocycles. The zero-order chi connectivity index (χ0) is 17.7. The molecule has 0 amide bonds. The Morgan fingerprint density at radius 2 is 1.83 bits per heavy atom. The molecule has 0 heteroatoms. The van der Waals surface area contributed by atoms with Crippen molar-refractivity contribution >= 4 is 5.57 Å². The maximum absolute atomic E-state index is 4.26. The van der Waals surface area contributed by atoms with Crippen molar-refractivity contribution in [2.45, 2.75) is 47.5 Å². The van der Waals surface area contributed by atoms with Crippen LogP contribution in [0.4, 0.5) is 0 Å². The summed E-state index contributed by atoms with van der Waals surface area (Å²) < 4.78 is 0. The normalized spacial score (nSPS) is 11.9. The van der Waals surface area contributed by atoms with Crippen molar-refractivity contribution in [3.63, 3.8) is 0 Å². The van der Waals surface area contributed by atoms with Gasteiger partial charge >= 0.3 is 0 Å². The first-order valence-electron chi connectivity index (χ1n) is 8.55. The molecule has 1 aromatic carbocycles. The maximum atomic E-state index is 4.26. The summed E-state index contributed by atoms with van der Waals surface area (Å²) in [6.07, 6.45) is 12.5. The van der Waals surface area contributed by atoms with Gasteiger partial charge < -0.3 is 0 Å². The number of rotatable bonds is 7.